The van der Waals surface area contributed by atoms with Gasteiger partial charge in [0.25, 0.3) is 11.6 Å². The van der Waals surface area contributed by atoms with Gasteiger partial charge in [-0.2, -0.15) is 0 Å². The lowest BCUT2D eigenvalue weighted by molar-refractivity contribution is -0.384. The van der Waals surface area contributed by atoms with Crippen LogP contribution in [0.1, 0.15) is 38.9 Å². The van der Waals surface area contributed by atoms with Crippen molar-refractivity contribution in [2.75, 3.05) is 0 Å². The van der Waals surface area contributed by atoms with Gasteiger partial charge in [-0.15, -0.1) is 10.2 Å². The van der Waals surface area contributed by atoms with Crippen LogP contribution in [0.15, 0.2) is 113 Å². The fraction of sp³-hybridized carbons (Fsp3) is 0.129. The molecule has 10 heteroatoms. The topological polar surface area (TPSA) is 103 Å². The molecule has 8 nitrogen and oxygen atoms in total. The predicted octanol–water partition coefficient (Wildman–Crippen LogP) is 7.25. The van der Waals surface area contributed by atoms with Gasteiger partial charge in [0.15, 0.2) is 11.0 Å². The minimum Gasteiger partial charge on any atom is -0.342 e. The first-order valence-corrected chi connectivity index (χ1v) is 14.6. The van der Waals surface area contributed by atoms with Gasteiger partial charge in [0.2, 0.25) is 0 Å². The maximum atomic E-state index is 13.5. The molecule has 5 aromatic rings. The molecule has 1 atom stereocenters. The first-order chi connectivity index (χ1) is 19.9. The molecule has 206 valence electrons. The number of aryl methyl sites for hydroxylation is 1. The number of nitro groups is 1. The standard InChI is InChI=1S/C31H26BrN5O3S/c1-21-8-7-11-23(18-21)20-41-31-35-34-29(36(31)24-14-16-25(17-15-24)37(39)40)28(19-22-9-3-2-4-10-22)33-30(38)26-12-5-6-13-27(26)32/h2-18,28H,19-20H2,1H3,(H,33,38). The van der Waals surface area contributed by atoms with E-state index < -0.39 is 11.0 Å². The number of amides is 1. The average molecular weight is 629 g/mol. The van der Waals surface area contributed by atoms with Crippen LogP contribution in [0.2, 0.25) is 0 Å². The molecule has 1 unspecified atom stereocenters. The maximum Gasteiger partial charge on any atom is 0.269 e. The Morgan fingerprint density at radius 3 is 2.37 bits per heavy atom. The van der Waals surface area contributed by atoms with Crippen LogP contribution in [0.3, 0.4) is 0 Å². The summed E-state index contributed by atoms with van der Waals surface area (Å²) in [6, 6.07) is 31.0. The SMILES string of the molecule is Cc1cccc(CSc2nnc(C(Cc3ccccc3)NC(=O)c3ccccc3Br)n2-c2ccc([N+](=O)[O-])cc2)c1. The second-order valence-corrected chi connectivity index (χ2v) is 11.2. The number of benzene rings is 4. The van der Waals surface area contributed by atoms with Gasteiger partial charge in [-0.1, -0.05) is 84.1 Å². The molecular formula is C31H26BrN5O3S. The van der Waals surface area contributed by atoms with E-state index in [0.29, 0.717) is 38.9 Å². The van der Waals surface area contributed by atoms with Crippen LogP contribution in [-0.2, 0) is 12.2 Å². The van der Waals surface area contributed by atoms with Crippen molar-refractivity contribution < 1.29 is 9.72 Å². The molecule has 1 aromatic heterocycles. The van der Waals surface area contributed by atoms with Crippen LogP contribution >= 0.6 is 27.7 Å². The van der Waals surface area contributed by atoms with E-state index >= 15 is 0 Å². The zero-order valence-electron chi connectivity index (χ0n) is 22.1. The van der Waals surface area contributed by atoms with Gasteiger partial charge < -0.3 is 5.32 Å². The van der Waals surface area contributed by atoms with Gasteiger partial charge in [-0.25, -0.2) is 0 Å². The molecule has 5 rings (SSSR count). The highest BCUT2D eigenvalue weighted by atomic mass is 79.9. The number of halogens is 1. The van der Waals surface area contributed by atoms with Crippen LogP contribution in [-0.4, -0.2) is 25.6 Å². The first kappa shape index (κ1) is 28.3. The number of thioether (sulfide) groups is 1. The van der Waals surface area contributed by atoms with E-state index in [4.69, 9.17) is 0 Å². The first-order valence-electron chi connectivity index (χ1n) is 12.9. The van der Waals surface area contributed by atoms with E-state index in [1.807, 2.05) is 72.2 Å². The Bertz CT molecular complexity index is 1680. The normalized spacial score (nSPS) is 11.7. The Labute approximate surface area is 250 Å². The molecule has 0 fully saturated rings. The van der Waals surface area contributed by atoms with Crippen LogP contribution in [0.4, 0.5) is 5.69 Å². The molecule has 4 aromatic carbocycles. The number of nitro benzene ring substituents is 1. The summed E-state index contributed by atoms with van der Waals surface area (Å²) in [6.07, 6.45) is 0.463. The summed E-state index contributed by atoms with van der Waals surface area (Å²) < 4.78 is 2.56. The average Bonchev–Trinajstić information content (AvgIpc) is 3.40. The van der Waals surface area contributed by atoms with Crippen molar-refractivity contribution >= 4 is 39.3 Å². The molecule has 0 saturated heterocycles. The van der Waals surface area contributed by atoms with Gasteiger partial charge in [0.05, 0.1) is 16.5 Å². The lowest BCUT2D eigenvalue weighted by atomic mass is 10.0. The highest BCUT2D eigenvalue weighted by Crippen LogP contribution is 2.30. The van der Waals surface area contributed by atoms with E-state index in [-0.39, 0.29) is 11.6 Å². The molecule has 0 radical (unpaired) electrons. The van der Waals surface area contributed by atoms with Crippen molar-refractivity contribution in [3.05, 3.63) is 146 Å². The molecule has 0 bridgehead atoms. The summed E-state index contributed by atoms with van der Waals surface area (Å²) in [5.41, 5.74) is 4.46. The van der Waals surface area contributed by atoms with Gasteiger partial charge in [-0.3, -0.25) is 19.5 Å². The molecule has 0 saturated carbocycles. The quantitative estimate of drug-likeness (QED) is 0.0993. The second-order valence-electron chi connectivity index (χ2n) is 9.42. The number of hydrogen-bond acceptors (Lipinski definition) is 6. The van der Waals surface area contributed by atoms with Crippen molar-refractivity contribution in [3.8, 4) is 5.69 Å². The largest absolute Gasteiger partial charge is 0.342 e. The van der Waals surface area contributed by atoms with Gasteiger partial charge in [-0.05, 0) is 64.7 Å². The Kier molecular flexibility index (Phi) is 8.91. The van der Waals surface area contributed by atoms with Gasteiger partial charge in [0.1, 0.15) is 0 Å². The predicted molar refractivity (Wildman–Crippen MR) is 163 cm³/mol. The van der Waals surface area contributed by atoms with Crippen LogP contribution in [0, 0.1) is 17.0 Å². The lowest BCUT2D eigenvalue weighted by Gasteiger charge is -2.20. The zero-order valence-corrected chi connectivity index (χ0v) is 24.5. The summed E-state index contributed by atoms with van der Waals surface area (Å²) in [6.45, 7) is 2.05. The molecule has 1 heterocycles. The van der Waals surface area contributed by atoms with Crippen LogP contribution in [0.5, 0.6) is 0 Å². The summed E-state index contributed by atoms with van der Waals surface area (Å²) in [7, 11) is 0. The van der Waals surface area contributed by atoms with E-state index in [1.165, 1.54) is 29.5 Å². The number of rotatable bonds is 10. The number of nitrogens with zero attached hydrogens (tertiary/aromatic N) is 4. The number of non-ortho nitro benzene ring substituents is 1. The van der Waals surface area contributed by atoms with E-state index in [1.54, 1.807) is 18.2 Å². The monoisotopic (exact) mass is 627 g/mol. The molecule has 0 spiro atoms. The Hall–Kier alpha value is -4.28. The van der Waals surface area contributed by atoms with Crippen molar-refractivity contribution in [1.82, 2.24) is 20.1 Å². The Morgan fingerprint density at radius 1 is 0.951 bits per heavy atom. The summed E-state index contributed by atoms with van der Waals surface area (Å²) in [5, 5.41) is 24.2. The number of carbonyl (C=O) groups excluding carboxylic acids is 1. The van der Waals surface area contributed by atoms with Crippen molar-refractivity contribution in [1.29, 1.82) is 0 Å². The number of aromatic nitrogens is 3. The van der Waals surface area contributed by atoms with Crippen molar-refractivity contribution in [3.63, 3.8) is 0 Å². The third-order valence-corrected chi connectivity index (χ3v) is 8.14. The highest BCUT2D eigenvalue weighted by molar-refractivity contribution is 9.10. The molecule has 1 amide bonds. The fourth-order valence-corrected chi connectivity index (χ4v) is 5.82. The maximum absolute atomic E-state index is 13.5. The molecular weight excluding hydrogens is 602 g/mol. The Balaban J connectivity index is 1.56. The summed E-state index contributed by atoms with van der Waals surface area (Å²) in [5.74, 6) is 0.917. The zero-order chi connectivity index (χ0) is 28.8. The van der Waals surface area contributed by atoms with Crippen molar-refractivity contribution in [2.24, 2.45) is 0 Å². The molecule has 41 heavy (non-hydrogen) atoms. The molecule has 0 aliphatic carbocycles. The third-order valence-electron chi connectivity index (χ3n) is 6.45. The number of carbonyl (C=O) groups is 1. The highest BCUT2D eigenvalue weighted by Gasteiger charge is 2.26. The summed E-state index contributed by atoms with van der Waals surface area (Å²) in [4.78, 5) is 24.4. The van der Waals surface area contributed by atoms with Gasteiger partial charge in [0, 0.05) is 28.0 Å². The second kappa shape index (κ2) is 12.9. The van der Waals surface area contributed by atoms with Crippen LogP contribution in [0.25, 0.3) is 5.69 Å². The van der Waals surface area contributed by atoms with E-state index in [2.05, 4.69) is 43.6 Å². The van der Waals surface area contributed by atoms with Crippen LogP contribution < -0.4 is 5.32 Å². The smallest absolute Gasteiger partial charge is 0.269 e. The number of nitrogens with one attached hydrogen (secondary N) is 1. The lowest BCUT2D eigenvalue weighted by Crippen LogP contribution is -2.32. The number of hydrogen-bond donors (Lipinski definition) is 1. The van der Waals surface area contributed by atoms with Gasteiger partial charge >= 0.3 is 0 Å². The fourth-order valence-electron chi connectivity index (χ4n) is 4.45. The third kappa shape index (κ3) is 6.90. The summed E-state index contributed by atoms with van der Waals surface area (Å²) >= 11 is 4.99. The Morgan fingerprint density at radius 2 is 1.66 bits per heavy atom. The molecule has 0 aliphatic rings. The van der Waals surface area contributed by atoms with E-state index in [0.717, 1.165) is 11.1 Å². The minimum atomic E-state index is -0.548. The minimum absolute atomic E-state index is 0.0135. The van der Waals surface area contributed by atoms with Crippen molar-refractivity contribution in [2.45, 2.75) is 30.3 Å². The molecule has 0 aliphatic heterocycles. The molecule has 1 N–H and O–H groups in total. The van der Waals surface area contributed by atoms with E-state index in [9.17, 15) is 14.9 Å².